The molecule has 0 saturated carbocycles. The number of aromatic hydroxyl groups is 1. The van der Waals surface area contributed by atoms with E-state index in [9.17, 15) is 9.59 Å². The minimum absolute atomic E-state index is 0.114. The zero-order valence-corrected chi connectivity index (χ0v) is 10.5. The summed E-state index contributed by atoms with van der Waals surface area (Å²) in [5.74, 6) is -1.30. The summed E-state index contributed by atoms with van der Waals surface area (Å²) >= 11 is 0. The molecule has 0 unspecified atom stereocenters. The van der Waals surface area contributed by atoms with Crippen LogP contribution in [-0.4, -0.2) is 34.7 Å². The molecular formula is C13H18N2O4. The second-order valence-corrected chi connectivity index (χ2v) is 4.22. The highest BCUT2D eigenvalue weighted by Gasteiger charge is 2.19. The van der Waals surface area contributed by atoms with Crippen molar-refractivity contribution in [2.75, 3.05) is 6.54 Å². The number of hydrogen-bond donors (Lipinski definition) is 4. The van der Waals surface area contributed by atoms with Gasteiger partial charge in [-0.25, -0.2) is 4.79 Å². The third kappa shape index (κ3) is 5.39. The van der Waals surface area contributed by atoms with Crippen molar-refractivity contribution < 1.29 is 19.8 Å². The van der Waals surface area contributed by atoms with Crippen LogP contribution in [-0.2, 0) is 16.0 Å². The number of nitrogens with two attached hydrogens (primary N) is 1. The van der Waals surface area contributed by atoms with Gasteiger partial charge in [0.15, 0.2) is 0 Å². The number of nitrogens with one attached hydrogen (secondary N) is 1. The molecule has 0 spiro atoms. The maximum atomic E-state index is 11.5. The van der Waals surface area contributed by atoms with Crippen LogP contribution >= 0.6 is 0 Å². The van der Waals surface area contributed by atoms with Crippen molar-refractivity contribution in [1.29, 1.82) is 0 Å². The third-order valence-corrected chi connectivity index (χ3v) is 2.62. The first kappa shape index (κ1) is 15.0. The molecule has 6 heteroatoms. The molecule has 0 aliphatic carbocycles. The zero-order valence-electron chi connectivity index (χ0n) is 10.5. The minimum atomic E-state index is -1.09. The predicted molar refractivity (Wildman–Crippen MR) is 69.7 cm³/mol. The number of carboxylic acid groups (broad SMARTS) is 1. The van der Waals surface area contributed by atoms with E-state index in [1.54, 1.807) is 12.1 Å². The summed E-state index contributed by atoms with van der Waals surface area (Å²) in [6.07, 6.45) is 0.914. The minimum Gasteiger partial charge on any atom is -0.508 e. The Kier molecular flexibility index (Phi) is 5.81. The smallest absolute Gasteiger partial charge is 0.326 e. The molecule has 0 bridgehead atoms. The van der Waals surface area contributed by atoms with Gasteiger partial charge in [0.05, 0.1) is 0 Å². The van der Waals surface area contributed by atoms with E-state index >= 15 is 0 Å². The van der Waals surface area contributed by atoms with Crippen molar-refractivity contribution in [3.05, 3.63) is 29.8 Å². The molecule has 0 saturated heterocycles. The topological polar surface area (TPSA) is 113 Å². The highest BCUT2D eigenvalue weighted by molar-refractivity contribution is 5.83. The van der Waals surface area contributed by atoms with Crippen molar-refractivity contribution >= 4 is 11.9 Å². The molecule has 0 aromatic heterocycles. The quantitative estimate of drug-likeness (QED) is 0.565. The van der Waals surface area contributed by atoms with E-state index in [1.165, 1.54) is 12.1 Å². The lowest BCUT2D eigenvalue weighted by molar-refractivity contribution is -0.141. The Morgan fingerprint density at radius 1 is 1.26 bits per heavy atom. The van der Waals surface area contributed by atoms with Gasteiger partial charge in [-0.05, 0) is 30.7 Å². The predicted octanol–water partition coefficient (Wildman–Crippen LogP) is 0.243. The Labute approximate surface area is 111 Å². The SMILES string of the molecule is NCCCC(=O)N[C@@H](Cc1ccc(O)cc1)C(=O)O. The Hall–Kier alpha value is -2.08. The second kappa shape index (κ2) is 7.38. The molecule has 1 amide bonds. The third-order valence-electron chi connectivity index (χ3n) is 2.62. The fourth-order valence-corrected chi connectivity index (χ4v) is 1.60. The molecule has 6 nitrogen and oxygen atoms in total. The molecule has 104 valence electrons. The number of hydrogen-bond acceptors (Lipinski definition) is 4. The number of aliphatic carboxylic acids is 1. The summed E-state index contributed by atoms with van der Waals surface area (Å²) in [5, 5.41) is 20.7. The standard InChI is InChI=1S/C13H18N2O4/c14-7-1-2-12(17)15-11(13(18)19)8-9-3-5-10(16)6-4-9/h3-6,11,16H,1-2,7-8,14H2,(H,15,17)(H,18,19)/t11-/m0/s1. The lowest BCUT2D eigenvalue weighted by Crippen LogP contribution is -2.42. The van der Waals surface area contributed by atoms with Crippen LogP contribution < -0.4 is 11.1 Å². The fourth-order valence-electron chi connectivity index (χ4n) is 1.60. The van der Waals surface area contributed by atoms with Crippen LogP contribution in [0.4, 0.5) is 0 Å². The van der Waals surface area contributed by atoms with Gasteiger partial charge in [0.2, 0.25) is 5.91 Å². The molecule has 1 rings (SSSR count). The molecule has 5 N–H and O–H groups in total. The molecular weight excluding hydrogens is 248 g/mol. The number of phenols is 1. The maximum Gasteiger partial charge on any atom is 0.326 e. The lowest BCUT2D eigenvalue weighted by Gasteiger charge is -2.14. The Balaban J connectivity index is 2.60. The highest BCUT2D eigenvalue weighted by Crippen LogP contribution is 2.11. The first-order valence-corrected chi connectivity index (χ1v) is 6.03. The van der Waals surface area contributed by atoms with Crippen molar-refractivity contribution in [2.45, 2.75) is 25.3 Å². The van der Waals surface area contributed by atoms with E-state index < -0.39 is 12.0 Å². The molecule has 1 aromatic carbocycles. The summed E-state index contributed by atoms with van der Waals surface area (Å²) in [6.45, 7) is 0.392. The number of benzene rings is 1. The van der Waals surface area contributed by atoms with Gasteiger partial charge < -0.3 is 21.3 Å². The van der Waals surface area contributed by atoms with Crippen LogP contribution in [0.25, 0.3) is 0 Å². The lowest BCUT2D eigenvalue weighted by atomic mass is 10.1. The van der Waals surface area contributed by atoms with Crippen LogP contribution in [0.15, 0.2) is 24.3 Å². The van der Waals surface area contributed by atoms with Crippen LogP contribution in [0, 0.1) is 0 Å². The molecule has 0 aliphatic rings. The van der Waals surface area contributed by atoms with E-state index in [4.69, 9.17) is 15.9 Å². The first-order chi connectivity index (χ1) is 9.02. The van der Waals surface area contributed by atoms with Crippen molar-refractivity contribution in [1.82, 2.24) is 5.32 Å². The molecule has 0 aliphatic heterocycles. The van der Waals surface area contributed by atoms with Crippen LogP contribution in [0.3, 0.4) is 0 Å². The monoisotopic (exact) mass is 266 g/mol. The Morgan fingerprint density at radius 2 is 1.89 bits per heavy atom. The number of phenolic OH excluding ortho intramolecular Hbond substituents is 1. The van der Waals surface area contributed by atoms with Crippen molar-refractivity contribution in [2.24, 2.45) is 5.73 Å². The largest absolute Gasteiger partial charge is 0.508 e. The van der Waals surface area contributed by atoms with Crippen LogP contribution in [0.2, 0.25) is 0 Å². The van der Waals surface area contributed by atoms with Gasteiger partial charge in [0.25, 0.3) is 0 Å². The number of carbonyl (C=O) groups is 2. The normalized spacial score (nSPS) is 11.8. The summed E-state index contributed by atoms with van der Waals surface area (Å²) in [5.41, 5.74) is 6.01. The Bertz CT molecular complexity index is 431. The Morgan fingerprint density at radius 3 is 2.42 bits per heavy atom. The van der Waals surface area contributed by atoms with Crippen molar-refractivity contribution in [3.63, 3.8) is 0 Å². The van der Waals surface area contributed by atoms with E-state index in [0.717, 1.165) is 5.56 Å². The van der Waals surface area contributed by atoms with Gasteiger partial charge in [-0.2, -0.15) is 0 Å². The van der Waals surface area contributed by atoms with E-state index in [1.807, 2.05) is 0 Å². The summed E-state index contributed by atoms with van der Waals surface area (Å²) in [6, 6.07) is 5.22. The average molecular weight is 266 g/mol. The summed E-state index contributed by atoms with van der Waals surface area (Å²) in [4.78, 5) is 22.6. The first-order valence-electron chi connectivity index (χ1n) is 6.03. The molecule has 1 atom stereocenters. The molecule has 0 fully saturated rings. The maximum absolute atomic E-state index is 11.5. The van der Waals surface area contributed by atoms with Gasteiger partial charge in [0, 0.05) is 12.8 Å². The molecule has 0 radical (unpaired) electrons. The van der Waals surface area contributed by atoms with Crippen LogP contribution in [0.5, 0.6) is 5.75 Å². The summed E-state index contributed by atoms with van der Waals surface area (Å²) in [7, 11) is 0. The van der Waals surface area contributed by atoms with E-state index in [0.29, 0.717) is 13.0 Å². The van der Waals surface area contributed by atoms with Crippen LogP contribution in [0.1, 0.15) is 18.4 Å². The summed E-state index contributed by atoms with van der Waals surface area (Å²) < 4.78 is 0. The number of amides is 1. The molecule has 0 heterocycles. The van der Waals surface area contributed by atoms with Crippen molar-refractivity contribution in [3.8, 4) is 5.75 Å². The molecule has 1 aromatic rings. The number of rotatable bonds is 7. The number of carbonyl (C=O) groups excluding carboxylic acids is 1. The zero-order chi connectivity index (χ0) is 14.3. The van der Waals surface area contributed by atoms with Gasteiger partial charge >= 0.3 is 5.97 Å². The molecule has 19 heavy (non-hydrogen) atoms. The van der Waals surface area contributed by atoms with E-state index in [2.05, 4.69) is 5.32 Å². The van der Waals surface area contributed by atoms with E-state index in [-0.39, 0.29) is 24.5 Å². The van der Waals surface area contributed by atoms with Gasteiger partial charge in [-0.15, -0.1) is 0 Å². The van der Waals surface area contributed by atoms with Gasteiger partial charge in [-0.3, -0.25) is 4.79 Å². The number of carboxylic acids is 1. The van der Waals surface area contributed by atoms with Gasteiger partial charge in [0.1, 0.15) is 11.8 Å². The average Bonchev–Trinajstić information content (AvgIpc) is 2.38. The van der Waals surface area contributed by atoms with Gasteiger partial charge in [-0.1, -0.05) is 12.1 Å². The highest BCUT2D eigenvalue weighted by atomic mass is 16.4. The fraction of sp³-hybridized carbons (Fsp3) is 0.385. The second-order valence-electron chi connectivity index (χ2n) is 4.22.